The van der Waals surface area contributed by atoms with E-state index >= 15 is 0 Å². The van der Waals surface area contributed by atoms with Crippen LogP contribution in [0.1, 0.15) is 24.5 Å². The molecule has 0 atom stereocenters. The first-order chi connectivity index (χ1) is 9.26. The highest BCUT2D eigenvalue weighted by Crippen LogP contribution is 2.25. The van der Waals surface area contributed by atoms with Crippen LogP contribution in [0.5, 0.6) is 0 Å². The van der Waals surface area contributed by atoms with Crippen molar-refractivity contribution in [2.45, 2.75) is 26.7 Å². The molecule has 4 N–H and O–H groups in total. The van der Waals surface area contributed by atoms with Crippen LogP contribution >= 0.6 is 0 Å². The van der Waals surface area contributed by atoms with Gasteiger partial charge in [-0.2, -0.15) is 0 Å². The largest absolute Gasteiger partial charge is 0.340 e. The molecule has 19 heavy (non-hydrogen) atoms. The van der Waals surface area contributed by atoms with Crippen molar-refractivity contribution in [1.82, 2.24) is 9.97 Å². The van der Waals surface area contributed by atoms with Crippen LogP contribution in [-0.4, -0.2) is 9.97 Å². The van der Waals surface area contributed by atoms with Crippen molar-refractivity contribution in [1.29, 1.82) is 0 Å². The van der Waals surface area contributed by atoms with Gasteiger partial charge < -0.3 is 10.7 Å². The summed E-state index contributed by atoms with van der Waals surface area (Å²) in [5, 5.41) is 3.35. The van der Waals surface area contributed by atoms with Gasteiger partial charge in [0.2, 0.25) is 0 Å². The van der Waals surface area contributed by atoms with E-state index in [1.165, 1.54) is 11.9 Å². The second kappa shape index (κ2) is 6.15. The molecule has 2 aromatic rings. The molecule has 5 heteroatoms. The number of anilines is 3. The van der Waals surface area contributed by atoms with Crippen molar-refractivity contribution >= 4 is 17.3 Å². The van der Waals surface area contributed by atoms with Gasteiger partial charge in [-0.05, 0) is 25.0 Å². The smallest absolute Gasteiger partial charge is 0.148 e. The molecule has 0 saturated carbocycles. The highest BCUT2D eigenvalue weighted by atomic mass is 15.3. The predicted molar refractivity (Wildman–Crippen MR) is 78.3 cm³/mol. The van der Waals surface area contributed by atoms with E-state index in [9.17, 15) is 0 Å². The van der Waals surface area contributed by atoms with Crippen LogP contribution in [0.15, 0.2) is 30.6 Å². The Morgan fingerprint density at radius 2 is 1.89 bits per heavy atom. The Balaban J connectivity index is 2.37. The van der Waals surface area contributed by atoms with Gasteiger partial charge in [-0.3, -0.25) is 0 Å². The van der Waals surface area contributed by atoms with Gasteiger partial charge in [0.15, 0.2) is 0 Å². The first-order valence-electron chi connectivity index (χ1n) is 6.39. The van der Waals surface area contributed by atoms with E-state index < -0.39 is 0 Å². The van der Waals surface area contributed by atoms with Gasteiger partial charge >= 0.3 is 0 Å². The number of nitrogens with one attached hydrogen (secondary N) is 2. The molecule has 1 heterocycles. The summed E-state index contributed by atoms with van der Waals surface area (Å²) >= 11 is 0. The number of rotatable bonds is 5. The molecule has 2 rings (SSSR count). The quantitative estimate of drug-likeness (QED) is 0.567. The van der Waals surface area contributed by atoms with Crippen molar-refractivity contribution in [3.8, 4) is 0 Å². The van der Waals surface area contributed by atoms with Crippen molar-refractivity contribution in [3.05, 3.63) is 41.7 Å². The van der Waals surface area contributed by atoms with E-state index in [0.29, 0.717) is 5.82 Å². The minimum atomic E-state index is 0.674. The molecule has 0 aliphatic heterocycles. The predicted octanol–water partition coefficient (Wildman–Crippen LogP) is 2.77. The first-order valence-corrected chi connectivity index (χ1v) is 6.39. The van der Waals surface area contributed by atoms with Crippen LogP contribution in [0.2, 0.25) is 0 Å². The van der Waals surface area contributed by atoms with Crippen LogP contribution in [0.3, 0.4) is 0 Å². The van der Waals surface area contributed by atoms with E-state index in [1.807, 2.05) is 18.2 Å². The number of para-hydroxylation sites is 1. The molecular weight excluding hydrogens is 238 g/mol. The molecule has 0 bridgehead atoms. The summed E-state index contributed by atoms with van der Waals surface area (Å²) in [6.07, 6.45) is 3.38. The lowest BCUT2D eigenvalue weighted by atomic mass is 10.1. The van der Waals surface area contributed by atoms with E-state index in [4.69, 9.17) is 5.84 Å². The third-order valence-electron chi connectivity index (χ3n) is 2.98. The lowest BCUT2D eigenvalue weighted by Crippen LogP contribution is -2.13. The molecule has 5 nitrogen and oxygen atoms in total. The lowest BCUT2D eigenvalue weighted by molar-refractivity contribution is 0.903. The fourth-order valence-electron chi connectivity index (χ4n) is 1.97. The summed E-state index contributed by atoms with van der Waals surface area (Å²) in [5.41, 5.74) is 5.86. The zero-order chi connectivity index (χ0) is 13.7. The standard InChI is InChI=1S/C14H19N5/c1-3-6-11-13(16-9-17-14(11)19-15)18-12-8-5-4-7-10(12)2/h4-5,7-9H,3,6,15H2,1-2H3,(H2,16,17,18,19). The maximum Gasteiger partial charge on any atom is 0.148 e. The average Bonchev–Trinajstić information content (AvgIpc) is 2.43. The van der Waals surface area contributed by atoms with Crippen LogP contribution in [0.25, 0.3) is 0 Å². The molecule has 0 spiro atoms. The van der Waals surface area contributed by atoms with Gasteiger partial charge in [-0.25, -0.2) is 15.8 Å². The Hall–Kier alpha value is -2.14. The Bertz CT molecular complexity index is 553. The van der Waals surface area contributed by atoms with Crippen molar-refractivity contribution in [2.24, 2.45) is 5.84 Å². The number of aryl methyl sites for hydroxylation is 1. The van der Waals surface area contributed by atoms with Gasteiger partial charge in [0.1, 0.15) is 18.0 Å². The van der Waals surface area contributed by atoms with Crippen molar-refractivity contribution in [2.75, 3.05) is 10.7 Å². The summed E-state index contributed by atoms with van der Waals surface area (Å²) in [6, 6.07) is 8.10. The summed E-state index contributed by atoms with van der Waals surface area (Å²) in [7, 11) is 0. The number of hydrazine groups is 1. The van der Waals surface area contributed by atoms with Crippen LogP contribution < -0.4 is 16.6 Å². The summed E-state index contributed by atoms with van der Waals surface area (Å²) < 4.78 is 0. The highest BCUT2D eigenvalue weighted by Gasteiger charge is 2.10. The monoisotopic (exact) mass is 257 g/mol. The molecule has 0 aliphatic carbocycles. The first kappa shape index (κ1) is 13.3. The van der Waals surface area contributed by atoms with Crippen molar-refractivity contribution < 1.29 is 0 Å². The van der Waals surface area contributed by atoms with Crippen LogP contribution in [0.4, 0.5) is 17.3 Å². The zero-order valence-corrected chi connectivity index (χ0v) is 11.3. The SMILES string of the molecule is CCCc1c(NN)ncnc1Nc1ccccc1C. The second-order valence-corrected chi connectivity index (χ2v) is 4.38. The Morgan fingerprint density at radius 3 is 2.58 bits per heavy atom. The van der Waals surface area contributed by atoms with Gasteiger partial charge in [0.05, 0.1) is 0 Å². The van der Waals surface area contributed by atoms with Gasteiger partial charge in [-0.1, -0.05) is 31.5 Å². The molecule has 100 valence electrons. The van der Waals surface area contributed by atoms with Crippen LogP contribution in [0, 0.1) is 6.92 Å². The van der Waals surface area contributed by atoms with Gasteiger partial charge in [0.25, 0.3) is 0 Å². The Labute approximate surface area is 113 Å². The van der Waals surface area contributed by atoms with E-state index in [1.54, 1.807) is 0 Å². The maximum absolute atomic E-state index is 5.51. The normalized spacial score (nSPS) is 10.3. The minimum Gasteiger partial charge on any atom is -0.340 e. The van der Waals surface area contributed by atoms with Gasteiger partial charge in [0, 0.05) is 11.3 Å². The van der Waals surface area contributed by atoms with E-state index in [0.717, 1.165) is 29.9 Å². The molecular formula is C14H19N5. The molecule has 0 saturated heterocycles. The Kier molecular flexibility index (Phi) is 4.30. The van der Waals surface area contributed by atoms with E-state index in [-0.39, 0.29) is 0 Å². The summed E-state index contributed by atoms with van der Waals surface area (Å²) in [5.74, 6) is 6.98. The number of hydrogen-bond donors (Lipinski definition) is 3. The van der Waals surface area contributed by atoms with Crippen LogP contribution in [-0.2, 0) is 6.42 Å². The topological polar surface area (TPSA) is 75.9 Å². The van der Waals surface area contributed by atoms with Crippen molar-refractivity contribution in [3.63, 3.8) is 0 Å². The van der Waals surface area contributed by atoms with E-state index in [2.05, 4.69) is 40.6 Å². The third-order valence-corrected chi connectivity index (χ3v) is 2.98. The molecule has 1 aromatic carbocycles. The summed E-state index contributed by atoms with van der Waals surface area (Å²) in [6.45, 7) is 4.18. The maximum atomic E-state index is 5.51. The minimum absolute atomic E-state index is 0.674. The number of nitrogens with two attached hydrogens (primary N) is 1. The van der Waals surface area contributed by atoms with Gasteiger partial charge in [-0.15, -0.1) is 0 Å². The zero-order valence-electron chi connectivity index (χ0n) is 11.3. The number of nitrogen functional groups attached to an aromatic ring is 1. The lowest BCUT2D eigenvalue weighted by Gasteiger charge is -2.14. The molecule has 0 amide bonds. The highest BCUT2D eigenvalue weighted by molar-refractivity contribution is 5.66. The molecule has 0 unspecified atom stereocenters. The number of nitrogens with zero attached hydrogens (tertiary/aromatic N) is 2. The number of aromatic nitrogens is 2. The molecule has 0 radical (unpaired) electrons. The number of hydrogen-bond acceptors (Lipinski definition) is 5. The fraction of sp³-hybridized carbons (Fsp3) is 0.286. The summed E-state index contributed by atoms with van der Waals surface area (Å²) in [4.78, 5) is 8.48. The molecule has 1 aromatic heterocycles. The third kappa shape index (κ3) is 3.00. The fourth-order valence-corrected chi connectivity index (χ4v) is 1.97. The number of benzene rings is 1. The second-order valence-electron chi connectivity index (χ2n) is 4.38. The average molecular weight is 257 g/mol. The Morgan fingerprint density at radius 1 is 1.16 bits per heavy atom. The molecule has 0 aliphatic rings. The molecule has 0 fully saturated rings.